The molecule has 5 nitrogen and oxygen atoms in total. The first-order chi connectivity index (χ1) is 7.04. The van der Waals surface area contributed by atoms with Crippen molar-refractivity contribution in [3.05, 3.63) is 33.9 Å². The molecule has 1 aromatic rings. The molecule has 0 aliphatic heterocycles. The summed E-state index contributed by atoms with van der Waals surface area (Å²) in [5.41, 5.74) is 6.36. The summed E-state index contributed by atoms with van der Waals surface area (Å²) < 4.78 is 0. The summed E-state index contributed by atoms with van der Waals surface area (Å²) in [6.07, 6.45) is 0. The van der Waals surface area contributed by atoms with Crippen LogP contribution in [0.1, 0.15) is 5.56 Å². The predicted molar refractivity (Wildman–Crippen MR) is 59.8 cm³/mol. The number of rotatable bonds is 3. The van der Waals surface area contributed by atoms with E-state index in [1.165, 1.54) is 6.07 Å². The van der Waals surface area contributed by atoms with Gasteiger partial charge < -0.3 is 5.73 Å². The molecule has 1 aromatic carbocycles. The minimum atomic E-state index is -0.493. The van der Waals surface area contributed by atoms with Gasteiger partial charge in [0.15, 0.2) is 0 Å². The SMILES string of the molecule is Cc1ccc(N=C(N)CCl)c([N+](=O)[O-])c1. The summed E-state index contributed by atoms with van der Waals surface area (Å²) in [6, 6.07) is 4.72. The maximum Gasteiger partial charge on any atom is 0.295 e. The molecule has 2 N–H and O–H groups in total. The number of nitrogens with two attached hydrogens (primary N) is 1. The zero-order valence-corrected chi connectivity index (χ0v) is 8.86. The Morgan fingerprint density at radius 1 is 1.67 bits per heavy atom. The minimum absolute atomic E-state index is 0.0467. The van der Waals surface area contributed by atoms with Gasteiger partial charge in [-0.2, -0.15) is 0 Å². The number of nitrogens with zero attached hydrogens (tertiary/aromatic N) is 2. The number of amidine groups is 1. The number of nitro groups is 1. The van der Waals surface area contributed by atoms with Crippen molar-refractivity contribution in [3.8, 4) is 0 Å². The first kappa shape index (κ1) is 11.5. The van der Waals surface area contributed by atoms with Crippen LogP contribution in [-0.4, -0.2) is 16.6 Å². The lowest BCUT2D eigenvalue weighted by Crippen LogP contribution is -2.12. The van der Waals surface area contributed by atoms with Crippen LogP contribution in [0.5, 0.6) is 0 Å². The highest BCUT2D eigenvalue weighted by Gasteiger charge is 2.13. The molecule has 0 atom stereocenters. The maximum atomic E-state index is 10.7. The molecule has 0 bridgehead atoms. The lowest BCUT2D eigenvalue weighted by atomic mass is 10.2. The number of alkyl halides is 1. The van der Waals surface area contributed by atoms with E-state index in [2.05, 4.69) is 4.99 Å². The maximum absolute atomic E-state index is 10.7. The number of hydrogen-bond donors (Lipinski definition) is 1. The van der Waals surface area contributed by atoms with Crippen molar-refractivity contribution in [2.75, 3.05) is 5.88 Å². The zero-order valence-electron chi connectivity index (χ0n) is 8.11. The third kappa shape index (κ3) is 2.92. The Labute approximate surface area is 91.7 Å². The third-order valence-electron chi connectivity index (χ3n) is 1.73. The first-order valence-electron chi connectivity index (χ1n) is 4.18. The van der Waals surface area contributed by atoms with Gasteiger partial charge in [-0.05, 0) is 18.6 Å². The molecule has 80 valence electrons. The van der Waals surface area contributed by atoms with Crippen LogP contribution in [0.3, 0.4) is 0 Å². The van der Waals surface area contributed by atoms with Crippen LogP contribution in [0, 0.1) is 17.0 Å². The molecule has 0 heterocycles. The number of benzene rings is 1. The van der Waals surface area contributed by atoms with Gasteiger partial charge in [-0.3, -0.25) is 10.1 Å². The number of aliphatic imine (C=N–C) groups is 1. The molecule has 0 saturated heterocycles. The van der Waals surface area contributed by atoms with Crippen molar-refractivity contribution in [3.63, 3.8) is 0 Å². The lowest BCUT2D eigenvalue weighted by molar-refractivity contribution is -0.384. The molecule has 0 saturated carbocycles. The fraction of sp³-hybridized carbons (Fsp3) is 0.222. The van der Waals surface area contributed by atoms with E-state index in [1.54, 1.807) is 19.1 Å². The van der Waals surface area contributed by atoms with Crippen LogP contribution in [0.4, 0.5) is 11.4 Å². The number of halogens is 1. The van der Waals surface area contributed by atoms with Crippen LogP contribution in [-0.2, 0) is 0 Å². The van der Waals surface area contributed by atoms with Crippen LogP contribution >= 0.6 is 11.6 Å². The van der Waals surface area contributed by atoms with Crippen molar-refractivity contribution in [2.45, 2.75) is 6.92 Å². The molecule has 15 heavy (non-hydrogen) atoms. The molecule has 0 aliphatic carbocycles. The standard InChI is InChI=1S/C9H10ClN3O2/c1-6-2-3-7(12-9(11)5-10)8(4-6)13(14)15/h2-4H,5H2,1H3,(H2,11,12). The zero-order chi connectivity index (χ0) is 11.4. The van der Waals surface area contributed by atoms with Gasteiger partial charge in [0.05, 0.1) is 10.8 Å². The highest BCUT2D eigenvalue weighted by molar-refractivity contribution is 6.28. The van der Waals surface area contributed by atoms with Crippen LogP contribution < -0.4 is 5.73 Å². The quantitative estimate of drug-likeness (QED) is 0.282. The number of aryl methyl sites for hydroxylation is 1. The third-order valence-corrected chi connectivity index (χ3v) is 2.00. The van der Waals surface area contributed by atoms with Crippen LogP contribution in [0.15, 0.2) is 23.2 Å². The lowest BCUT2D eigenvalue weighted by Gasteiger charge is -1.99. The molecule has 0 spiro atoms. The summed E-state index contributed by atoms with van der Waals surface area (Å²) in [7, 11) is 0. The monoisotopic (exact) mass is 227 g/mol. The van der Waals surface area contributed by atoms with E-state index in [1.807, 2.05) is 0 Å². The van der Waals surface area contributed by atoms with E-state index >= 15 is 0 Å². The van der Waals surface area contributed by atoms with E-state index in [9.17, 15) is 10.1 Å². The molecule has 0 unspecified atom stereocenters. The topological polar surface area (TPSA) is 81.5 Å². The summed E-state index contributed by atoms with van der Waals surface area (Å²) >= 11 is 5.44. The molecule has 0 amide bonds. The Balaban J connectivity index is 3.23. The molecule has 1 rings (SSSR count). The van der Waals surface area contributed by atoms with E-state index in [4.69, 9.17) is 17.3 Å². The molecule has 0 fully saturated rings. The largest absolute Gasteiger partial charge is 0.386 e. The van der Waals surface area contributed by atoms with Gasteiger partial charge in [0.25, 0.3) is 5.69 Å². The highest BCUT2D eigenvalue weighted by Crippen LogP contribution is 2.27. The van der Waals surface area contributed by atoms with Crippen molar-refractivity contribution in [1.29, 1.82) is 0 Å². The van der Waals surface area contributed by atoms with Gasteiger partial charge in [0, 0.05) is 6.07 Å². The van der Waals surface area contributed by atoms with Crippen molar-refractivity contribution in [2.24, 2.45) is 10.7 Å². The summed E-state index contributed by atoms with van der Waals surface area (Å²) in [6.45, 7) is 1.77. The Hall–Kier alpha value is -1.62. The second-order valence-corrected chi connectivity index (χ2v) is 3.25. The fourth-order valence-electron chi connectivity index (χ4n) is 1.06. The highest BCUT2D eigenvalue weighted by atomic mass is 35.5. The average Bonchev–Trinajstić information content (AvgIpc) is 2.20. The predicted octanol–water partition coefficient (Wildman–Crippen LogP) is 2.13. The molecule has 0 aromatic heterocycles. The second-order valence-electron chi connectivity index (χ2n) is 2.99. The molecular weight excluding hydrogens is 218 g/mol. The van der Waals surface area contributed by atoms with Crippen molar-refractivity contribution < 1.29 is 4.92 Å². The molecule has 6 heteroatoms. The van der Waals surface area contributed by atoms with E-state index in [-0.39, 0.29) is 23.1 Å². The molecule has 0 aliphatic rings. The van der Waals surface area contributed by atoms with E-state index in [0.717, 1.165) is 5.56 Å². The second kappa shape index (κ2) is 4.75. The van der Waals surface area contributed by atoms with Crippen LogP contribution in [0.2, 0.25) is 0 Å². The van der Waals surface area contributed by atoms with Gasteiger partial charge in [-0.15, -0.1) is 11.6 Å². The molecule has 0 radical (unpaired) electrons. The van der Waals surface area contributed by atoms with Gasteiger partial charge in [-0.25, -0.2) is 4.99 Å². The van der Waals surface area contributed by atoms with Gasteiger partial charge in [0.1, 0.15) is 11.5 Å². The Morgan fingerprint density at radius 2 is 2.33 bits per heavy atom. The first-order valence-corrected chi connectivity index (χ1v) is 4.72. The van der Waals surface area contributed by atoms with E-state index in [0.29, 0.717) is 0 Å². The fourth-order valence-corrected chi connectivity index (χ4v) is 1.12. The minimum Gasteiger partial charge on any atom is -0.386 e. The summed E-state index contributed by atoms with van der Waals surface area (Å²) in [4.78, 5) is 14.1. The summed E-state index contributed by atoms with van der Waals surface area (Å²) in [5.74, 6) is 0.203. The Bertz CT molecular complexity index is 418. The number of nitro benzene ring substituents is 1. The van der Waals surface area contributed by atoms with E-state index < -0.39 is 4.92 Å². The van der Waals surface area contributed by atoms with Gasteiger partial charge in [0.2, 0.25) is 0 Å². The average molecular weight is 228 g/mol. The number of hydrogen-bond acceptors (Lipinski definition) is 3. The summed E-state index contributed by atoms with van der Waals surface area (Å²) in [5, 5.41) is 10.7. The van der Waals surface area contributed by atoms with Crippen LogP contribution in [0.25, 0.3) is 0 Å². The Morgan fingerprint density at radius 3 is 2.87 bits per heavy atom. The smallest absolute Gasteiger partial charge is 0.295 e. The van der Waals surface area contributed by atoms with Gasteiger partial charge >= 0.3 is 0 Å². The molecular formula is C9H10ClN3O2. The van der Waals surface area contributed by atoms with Gasteiger partial charge in [-0.1, -0.05) is 6.07 Å². The van der Waals surface area contributed by atoms with Crippen molar-refractivity contribution in [1.82, 2.24) is 0 Å². The van der Waals surface area contributed by atoms with Crippen molar-refractivity contribution >= 4 is 28.8 Å². The Kier molecular flexibility index (Phi) is 3.62. The normalized spacial score (nSPS) is 11.5.